The molecule has 0 radical (unpaired) electrons. The molecule has 1 aliphatic carbocycles. The SMILES string of the molecule is COCC(C)Oc1ccc(N2C(N)=NC(N)=NC23CCCCC3)cc1. The maximum atomic E-state index is 6.23. The van der Waals surface area contributed by atoms with Crippen molar-refractivity contribution in [2.45, 2.75) is 50.8 Å². The Morgan fingerprint density at radius 2 is 1.84 bits per heavy atom. The maximum Gasteiger partial charge on any atom is 0.220 e. The highest BCUT2D eigenvalue weighted by Crippen LogP contribution is 2.39. The molecule has 1 aromatic rings. The summed E-state index contributed by atoms with van der Waals surface area (Å²) in [4.78, 5) is 10.9. The van der Waals surface area contributed by atoms with E-state index >= 15 is 0 Å². The van der Waals surface area contributed by atoms with Crippen LogP contribution in [0.3, 0.4) is 0 Å². The number of benzene rings is 1. The van der Waals surface area contributed by atoms with Crippen molar-refractivity contribution in [2.24, 2.45) is 21.5 Å². The van der Waals surface area contributed by atoms with Gasteiger partial charge in [0.1, 0.15) is 17.5 Å². The third-order valence-electron chi connectivity index (χ3n) is 4.68. The van der Waals surface area contributed by atoms with E-state index in [0.717, 1.165) is 37.1 Å². The highest BCUT2D eigenvalue weighted by molar-refractivity contribution is 6.05. The summed E-state index contributed by atoms with van der Waals surface area (Å²) in [5, 5.41) is 0. The second-order valence-electron chi connectivity index (χ2n) is 6.70. The van der Waals surface area contributed by atoms with E-state index in [4.69, 9.17) is 20.9 Å². The van der Waals surface area contributed by atoms with Crippen LogP contribution < -0.4 is 21.1 Å². The zero-order valence-corrected chi connectivity index (χ0v) is 14.9. The normalized spacial score (nSPS) is 20.8. The fraction of sp³-hybridized carbons (Fsp3) is 0.556. The van der Waals surface area contributed by atoms with Crippen LogP contribution in [0.1, 0.15) is 39.0 Å². The molecule has 0 amide bonds. The number of nitrogens with two attached hydrogens (primary N) is 2. The number of methoxy groups -OCH3 is 1. The molecule has 1 saturated carbocycles. The van der Waals surface area contributed by atoms with Gasteiger partial charge in [0.2, 0.25) is 11.9 Å². The summed E-state index contributed by atoms with van der Waals surface area (Å²) in [6.45, 7) is 2.52. The molecule has 0 bridgehead atoms. The summed E-state index contributed by atoms with van der Waals surface area (Å²) in [7, 11) is 1.66. The van der Waals surface area contributed by atoms with Crippen molar-refractivity contribution in [1.82, 2.24) is 0 Å². The van der Waals surface area contributed by atoms with Crippen LogP contribution in [0.2, 0.25) is 0 Å². The molecule has 1 aliphatic heterocycles. The number of nitrogens with zero attached hydrogens (tertiary/aromatic N) is 3. The van der Waals surface area contributed by atoms with Gasteiger partial charge in [-0.3, -0.25) is 4.90 Å². The molecule has 0 saturated heterocycles. The summed E-state index contributed by atoms with van der Waals surface area (Å²) in [5.41, 5.74) is 12.7. The topological polar surface area (TPSA) is 98.5 Å². The lowest BCUT2D eigenvalue weighted by atomic mass is 9.87. The number of ether oxygens (including phenoxy) is 2. The summed E-state index contributed by atoms with van der Waals surface area (Å²) < 4.78 is 10.9. The molecule has 1 atom stereocenters. The number of anilines is 1. The van der Waals surface area contributed by atoms with Crippen LogP contribution in [0.4, 0.5) is 5.69 Å². The van der Waals surface area contributed by atoms with Crippen molar-refractivity contribution < 1.29 is 9.47 Å². The molecule has 1 spiro atoms. The zero-order chi connectivity index (χ0) is 17.9. The molecule has 1 fully saturated rings. The van der Waals surface area contributed by atoms with Crippen LogP contribution in [-0.4, -0.2) is 37.4 Å². The van der Waals surface area contributed by atoms with Crippen LogP contribution in [-0.2, 0) is 4.74 Å². The number of aliphatic imine (C=N–C) groups is 2. The van der Waals surface area contributed by atoms with Crippen molar-refractivity contribution in [1.29, 1.82) is 0 Å². The summed E-state index contributed by atoms with van der Waals surface area (Å²) in [6, 6.07) is 7.86. The van der Waals surface area contributed by atoms with Crippen LogP contribution >= 0.6 is 0 Å². The van der Waals surface area contributed by atoms with Crippen LogP contribution in [0.25, 0.3) is 0 Å². The fourth-order valence-corrected chi connectivity index (χ4v) is 3.67. The Hall–Kier alpha value is -2.28. The lowest BCUT2D eigenvalue weighted by Crippen LogP contribution is -2.58. The molecule has 4 N–H and O–H groups in total. The van der Waals surface area contributed by atoms with Crippen molar-refractivity contribution in [3.8, 4) is 5.75 Å². The van der Waals surface area contributed by atoms with E-state index in [1.807, 2.05) is 36.1 Å². The monoisotopic (exact) mass is 345 g/mol. The molecular weight excluding hydrogens is 318 g/mol. The molecular formula is C18H27N5O2. The van der Waals surface area contributed by atoms with E-state index in [0.29, 0.717) is 12.6 Å². The molecule has 3 rings (SSSR count). The number of guanidine groups is 2. The van der Waals surface area contributed by atoms with Crippen molar-refractivity contribution >= 4 is 17.6 Å². The van der Waals surface area contributed by atoms with Gasteiger partial charge in [-0.1, -0.05) is 6.42 Å². The summed E-state index contributed by atoms with van der Waals surface area (Å²) in [5.74, 6) is 1.46. The molecule has 25 heavy (non-hydrogen) atoms. The van der Waals surface area contributed by atoms with Crippen molar-refractivity contribution in [2.75, 3.05) is 18.6 Å². The third-order valence-corrected chi connectivity index (χ3v) is 4.68. The second kappa shape index (κ2) is 7.31. The van der Waals surface area contributed by atoms with Gasteiger partial charge in [0.15, 0.2) is 0 Å². The van der Waals surface area contributed by atoms with E-state index in [2.05, 4.69) is 9.98 Å². The maximum absolute atomic E-state index is 6.23. The summed E-state index contributed by atoms with van der Waals surface area (Å²) >= 11 is 0. The van der Waals surface area contributed by atoms with E-state index < -0.39 is 5.66 Å². The lowest BCUT2D eigenvalue weighted by molar-refractivity contribution is 0.0921. The third kappa shape index (κ3) is 3.71. The van der Waals surface area contributed by atoms with Gasteiger partial charge in [-0.15, -0.1) is 0 Å². The predicted molar refractivity (Wildman–Crippen MR) is 99.9 cm³/mol. The Labute approximate surface area is 148 Å². The second-order valence-corrected chi connectivity index (χ2v) is 6.70. The van der Waals surface area contributed by atoms with E-state index in [1.165, 1.54) is 6.42 Å². The zero-order valence-electron chi connectivity index (χ0n) is 14.9. The first-order valence-corrected chi connectivity index (χ1v) is 8.79. The lowest BCUT2D eigenvalue weighted by Gasteiger charge is -2.45. The quantitative estimate of drug-likeness (QED) is 0.852. The van der Waals surface area contributed by atoms with Crippen molar-refractivity contribution in [3.05, 3.63) is 24.3 Å². The minimum absolute atomic E-state index is 0.00782. The highest BCUT2D eigenvalue weighted by atomic mass is 16.5. The first kappa shape index (κ1) is 17.5. The molecule has 2 aliphatic rings. The highest BCUT2D eigenvalue weighted by Gasteiger charge is 2.42. The van der Waals surface area contributed by atoms with Gasteiger partial charge < -0.3 is 20.9 Å². The first-order valence-electron chi connectivity index (χ1n) is 8.79. The Balaban J connectivity index is 1.84. The Bertz CT molecular complexity index is 650. The molecule has 0 aromatic heterocycles. The standard InChI is InChI=1S/C18H27N5O2/c1-13(12-24-2)25-15-8-6-14(7-9-15)23-17(20)21-16(19)22-18(23)10-4-3-5-11-18/h6-9,13H,3-5,10-12H2,1-2H3,(H4,19,20,21,22). The van der Waals surface area contributed by atoms with Gasteiger partial charge in [0.05, 0.1) is 6.61 Å². The number of rotatable bonds is 5. The van der Waals surface area contributed by atoms with E-state index in [1.54, 1.807) is 7.11 Å². The Kier molecular flexibility index (Phi) is 5.13. The fourth-order valence-electron chi connectivity index (χ4n) is 3.67. The molecule has 136 valence electrons. The summed E-state index contributed by atoms with van der Waals surface area (Å²) in [6.07, 6.45) is 5.27. The molecule has 7 heteroatoms. The molecule has 7 nitrogen and oxygen atoms in total. The average molecular weight is 345 g/mol. The minimum atomic E-state index is -0.417. The smallest absolute Gasteiger partial charge is 0.220 e. The Morgan fingerprint density at radius 1 is 1.16 bits per heavy atom. The van der Waals surface area contributed by atoms with Crippen LogP contribution in [0.5, 0.6) is 5.75 Å². The van der Waals surface area contributed by atoms with Gasteiger partial charge in [0.25, 0.3) is 0 Å². The molecule has 1 aromatic carbocycles. The van der Waals surface area contributed by atoms with Crippen LogP contribution in [0, 0.1) is 0 Å². The van der Waals surface area contributed by atoms with Crippen LogP contribution in [0.15, 0.2) is 34.3 Å². The number of hydrogen-bond acceptors (Lipinski definition) is 7. The average Bonchev–Trinajstić information content (AvgIpc) is 2.56. The van der Waals surface area contributed by atoms with Crippen molar-refractivity contribution in [3.63, 3.8) is 0 Å². The van der Waals surface area contributed by atoms with E-state index in [9.17, 15) is 0 Å². The minimum Gasteiger partial charge on any atom is -0.488 e. The molecule has 1 heterocycles. The first-order chi connectivity index (χ1) is 12.0. The van der Waals surface area contributed by atoms with Gasteiger partial charge in [-0.05, 0) is 56.9 Å². The van der Waals surface area contributed by atoms with Gasteiger partial charge in [-0.25, -0.2) is 4.99 Å². The van der Waals surface area contributed by atoms with Gasteiger partial charge in [0, 0.05) is 12.8 Å². The largest absolute Gasteiger partial charge is 0.488 e. The van der Waals surface area contributed by atoms with Gasteiger partial charge >= 0.3 is 0 Å². The number of hydrogen-bond donors (Lipinski definition) is 2. The predicted octanol–water partition coefficient (Wildman–Crippen LogP) is 2.21. The Morgan fingerprint density at radius 3 is 2.48 bits per heavy atom. The van der Waals surface area contributed by atoms with E-state index in [-0.39, 0.29) is 12.1 Å². The molecule has 1 unspecified atom stereocenters. The van der Waals surface area contributed by atoms with Gasteiger partial charge in [-0.2, -0.15) is 4.99 Å².